The van der Waals surface area contributed by atoms with Gasteiger partial charge in [-0.15, -0.1) is 4.40 Å². The van der Waals surface area contributed by atoms with Crippen molar-refractivity contribution in [2.24, 2.45) is 10.3 Å². The quantitative estimate of drug-likeness (QED) is 0.754. The van der Waals surface area contributed by atoms with Gasteiger partial charge in [-0.25, -0.2) is 4.79 Å². The summed E-state index contributed by atoms with van der Waals surface area (Å²) in [6.07, 6.45) is 1.46. The number of halogens is 1. The summed E-state index contributed by atoms with van der Waals surface area (Å²) in [5.41, 5.74) is 1.18. The molecule has 0 bridgehead atoms. The summed E-state index contributed by atoms with van der Waals surface area (Å²) in [5.74, 6) is 0.885. The Kier molecular flexibility index (Phi) is 6.53. The third kappa shape index (κ3) is 5.11. The van der Waals surface area contributed by atoms with Crippen LogP contribution in [0.3, 0.4) is 0 Å². The molecule has 2 aliphatic rings. The molecule has 0 radical (unpaired) electrons. The van der Waals surface area contributed by atoms with Crippen LogP contribution in [-0.2, 0) is 10.0 Å². The first-order chi connectivity index (χ1) is 13.7. The summed E-state index contributed by atoms with van der Waals surface area (Å²) in [6.45, 7) is 7.76. The number of benzene rings is 1. The van der Waals surface area contributed by atoms with E-state index in [2.05, 4.69) is 15.0 Å². The molecule has 2 amide bonds. The van der Waals surface area contributed by atoms with Crippen molar-refractivity contribution in [2.75, 3.05) is 19.6 Å². The second-order valence-corrected chi connectivity index (χ2v) is 9.84. The second-order valence-electron chi connectivity index (χ2n) is 7.86. The molecule has 0 unspecified atom stereocenters. The standard InChI is InChI=1S/C20H27ClN4O3S/c1-13(2)12-22-20(26)23-17-7-9-25(10-8-17)19-14(3)18(29(27,28)24-19)15-5-4-6-16(21)11-15/h4-6,11,13,17H,7-10,12H2,1-3H3,(H2,22,23,26). The van der Waals surface area contributed by atoms with Crippen LogP contribution in [0.1, 0.15) is 39.2 Å². The molecule has 1 fully saturated rings. The van der Waals surface area contributed by atoms with Crippen LogP contribution in [-0.4, -0.2) is 50.9 Å². The first-order valence-corrected chi connectivity index (χ1v) is 11.6. The molecule has 1 saturated heterocycles. The van der Waals surface area contributed by atoms with E-state index in [1.807, 2.05) is 18.7 Å². The molecule has 0 spiro atoms. The minimum atomic E-state index is -3.77. The fourth-order valence-electron chi connectivity index (χ4n) is 3.58. The predicted octanol–water partition coefficient (Wildman–Crippen LogP) is 3.23. The molecule has 7 nitrogen and oxygen atoms in total. The molecule has 0 aliphatic carbocycles. The van der Waals surface area contributed by atoms with Gasteiger partial charge >= 0.3 is 6.03 Å². The SMILES string of the molecule is CC1=C(c2cccc(Cl)c2)S(=O)(=O)N=C1N1CCC(NC(=O)NCC(C)C)CC1. The molecule has 1 aromatic carbocycles. The third-order valence-corrected chi connectivity index (χ3v) is 6.73. The van der Waals surface area contributed by atoms with E-state index >= 15 is 0 Å². The van der Waals surface area contributed by atoms with Crippen LogP contribution in [0.2, 0.25) is 5.02 Å². The van der Waals surface area contributed by atoms with Crippen molar-refractivity contribution >= 4 is 38.4 Å². The molecule has 158 valence electrons. The average molecular weight is 439 g/mol. The van der Waals surface area contributed by atoms with Crippen molar-refractivity contribution < 1.29 is 13.2 Å². The van der Waals surface area contributed by atoms with Crippen LogP contribution >= 0.6 is 11.6 Å². The van der Waals surface area contributed by atoms with Gasteiger partial charge < -0.3 is 15.5 Å². The molecule has 2 heterocycles. The van der Waals surface area contributed by atoms with Gasteiger partial charge in [0.25, 0.3) is 10.0 Å². The minimum absolute atomic E-state index is 0.0636. The summed E-state index contributed by atoms with van der Waals surface area (Å²) in [7, 11) is -3.77. The van der Waals surface area contributed by atoms with Gasteiger partial charge in [-0.2, -0.15) is 8.42 Å². The first-order valence-electron chi connectivity index (χ1n) is 9.79. The lowest BCUT2D eigenvalue weighted by atomic mass is 10.0. The summed E-state index contributed by atoms with van der Waals surface area (Å²) in [4.78, 5) is 14.2. The lowest BCUT2D eigenvalue weighted by molar-refractivity contribution is 0.225. The highest BCUT2D eigenvalue weighted by atomic mass is 35.5. The first kappa shape index (κ1) is 21.6. The number of piperidine rings is 1. The van der Waals surface area contributed by atoms with E-state index in [0.717, 1.165) is 12.8 Å². The van der Waals surface area contributed by atoms with Gasteiger partial charge in [0.15, 0.2) is 0 Å². The number of likely N-dealkylation sites (tertiary alicyclic amines) is 1. The molecular weight excluding hydrogens is 412 g/mol. The van der Waals surface area contributed by atoms with Gasteiger partial charge in [-0.3, -0.25) is 0 Å². The highest BCUT2D eigenvalue weighted by Gasteiger charge is 2.35. The van der Waals surface area contributed by atoms with Crippen molar-refractivity contribution in [3.63, 3.8) is 0 Å². The number of rotatable bonds is 4. The van der Waals surface area contributed by atoms with Crippen molar-refractivity contribution in [1.82, 2.24) is 15.5 Å². The maximum atomic E-state index is 12.7. The van der Waals surface area contributed by atoms with Crippen molar-refractivity contribution in [2.45, 2.75) is 39.7 Å². The molecule has 2 N–H and O–H groups in total. The molecule has 0 saturated carbocycles. The maximum absolute atomic E-state index is 12.7. The van der Waals surface area contributed by atoms with Gasteiger partial charge in [0, 0.05) is 36.3 Å². The van der Waals surface area contributed by atoms with Gasteiger partial charge in [0.2, 0.25) is 0 Å². The second kappa shape index (κ2) is 8.75. The van der Waals surface area contributed by atoms with Gasteiger partial charge in [0.05, 0.1) is 0 Å². The summed E-state index contributed by atoms with van der Waals surface area (Å²) in [5, 5.41) is 6.33. The maximum Gasteiger partial charge on any atom is 0.315 e. The normalized spacial score (nSPS) is 19.5. The van der Waals surface area contributed by atoms with Gasteiger partial charge in [-0.1, -0.05) is 37.6 Å². The molecule has 0 aromatic heterocycles. The van der Waals surface area contributed by atoms with Crippen LogP contribution in [0, 0.1) is 5.92 Å². The monoisotopic (exact) mass is 438 g/mol. The number of carbonyl (C=O) groups excluding carboxylic acids is 1. The van der Waals surface area contributed by atoms with Crippen LogP contribution < -0.4 is 10.6 Å². The van der Waals surface area contributed by atoms with E-state index < -0.39 is 10.0 Å². The van der Waals surface area contributed by atoms with Gasteiger partial charge in [0.1, 0.15) is 10.7 Å². The molecule has 9 heteroatoms. The number of hydrogen-bond acceptors (Lipinski definition) is 4. The van der Waals surface area contributed by atoms with Crippen molar-refractivity contribution in [1.29, 1.82) is 0 Å². The molecule has 1 aromatic rings. The van der Waals surface area contributed by atoms with E-state index in [-0.39, 0.29) is 17.0 Å². The zero-order valence-corrected chi connectivity index (χ0v) is 18.5. The smallest absolute Gasteiger partial charge is 0.315 e. The van der Waals surface area contributed by atoms with Crippen molar-refractivity contribution in [3.05, 3.63) is 40.4 Å². The fourth-order valence-corrected chi connectivity index (χ4v) is 5.25. The Morgan fingerprint density at radius 3 is 2.62 bits per heavy atom. The number of sulfonamides is 1. The Labute approximate surface area is 177 Å². The Bertz CT molecular complexity index is 948. The minimum Gasteiger partial charge on any atom is -0.356 e. The third-order valence-electron chi connectivity index (χ3n) is 5.03. The van der Waals surface area contributed by atoms with E-state index in [1.54, 1.807) is 31.2 Å². The predicted molar refractivity (Wildman–Crippen MR) is 116 cm³/mol. The summed E-state index contributed by atoms with van der Waals surface area (Å²) < 4.78 is 29.4. The molecule has 2 aliphatic heterocycles. The number of carbonyl (C=O) groups is 1. The number of hydrogen-bond donors (Lipinski definition) is 2. The van der Waals surface area contributed by atoms with E-state index in [9.17, 15) is 13.2 Å². The Morgan fingerprint density at radius 2 is 2.00 bits per heavy atom. The van der Waals surface area contributed by atoms with Crippen LogP contribution in [0.15, 0.2) is 34.2 Å². The lowest BCUT2D eigenvalue weighted by Gasteiger charge is -2.33. The summed E-state index contributed by atoms with van der Waals surface area (Å²) in [6, 6.07) is 6.72. The Morgan fingerprint density at radius 1 is 1.31 bits per heavy atom. The largest absolute Gasteiger partial charge is 0.356 e. The van der Waals surface area contributed by atoms with Crippen molar-refractivity contribution in [3.8, 4) is 0 Å². The zero-order chi connectivity index (χ0) is 21.2. The number of nitrogens with zero attached hydrogens (tertiary/aromatic N) is 2. The van der Waals surface area contributed by atoms with Crippen LogP contribution in [0.4, 0.5) is 4.79 Å². The highest BCUT2D eigenvalue weighted by molar-refractivity contribution is 8.00. The summed E-state index contributed by atoms with van der Waals surface area (Å²) >= 11 is 6.04. The number of nitrogens with one attached hydrogen (secondary N) is 2. The number of urea groups is 1. The lowest BCUT2D eigenvalue weighted by Crippen LogP contribution is -2.49. The average Bonchev–Trinajstić information content (AvgIpc) is 2.89. The van der Waals surface area contributed by atoms with Crippen LogP contribution in [0.5, 0.6) is 0 Å². The fraction of sp³-hybridized carbons (Fsp3) is 0.500. The molecule has 3 rings (SSSR count). The number of amides is 2. The van der Waals surface area contributed by atoms with E-state index in [4.69, 9.17) is 11.6 Å². The Hall–Kier alpha value is -2.06. The highest BCUT2D eigenvalue weighted by Crippen LogP contribution is 2.35. The number of amidine groups is 1. The molecule has 0 atom stereocenters. The topological polar surface area (TPSA) is 90.9 Å². The Balaban J connectivity index is 1.67. The molecule has 29 heavy (non-hydrogen) atoms. The molecular formula is C20H27ClN4O3S. The van der Waals surface area contributed by atoms with Gasteiger partial charge in [-0.05, 0) is 43.4 Å². The zero-order valence-electron chi connectivity index (χ0n) is 16.9. The van der Waals surface area contributed by atoms with E-state index in [1.165, 1.54) is 0 Å². The van der Waals surface area contributed by atoms with E-state index in [0.29, 0.717) is 47.5 Å². The van der Waals surface area contributed by atoms with Crippen LogP contribution in [0.25, 0.3) is 4.91 Å².